The van der Waals surface area contributed by atoms with E-state index in [0.717, 1.165) is 6.42 Å². The first-order chi connectivity index (χ1) is 10.4. The predicted octanol–water partition coefficient (Wildman–Crippen LogP) is 5.92. The van der Waals surface area contributed by atoms with Gasteiger partial charge in [0.25, 0.3) is 0 Å². The van der Waals surface area contributed by atoms with E-state index >= 15 is 0 Å². The molecule has 0 spiro atoms. The summed E-state index contributed by atoms with van der Waals surface area (Å²) in [4.78, 5) is 0. The zero-order chi connectivity index (χ0) is 14.8. The van der Waals surface area contributed by atoms with Crippen molar-refractivity contribution in [3.05, 3.63) is 109 Å². The van der Waals surface area contributed by atoms with Crippen LogP contribution in [0.1, 0.15) is 17.5 Å². The third-order valence-corrected chi connectivity index (χ3v) is 3.14. The minimum Gasteiger partial charge on any atom is -0.0991 e. The van der Waals surface area contributed by atoms with E-state index in [2.05, 4.69) is 67.3 Å². The van der Waals surface area contributed by atoms with Crippen LogP contribution in [0, 0.1) is 0 Å². The van der Waals surface area contributed by atoms with Gasteiger partial charge in [-0.2, -0.15) is 0 Å². The summed E-state index contributed by atoms with van der Waals surface area (Å²) in [5, 5.41) is 0. The zero-order valence-corrected chi connectivity index (χ0v) is 12.2. The van der Waals surface area contributed by atoms with Crippen LogP contribution in [0.2, 0.25) is 0 Å². The van der Waals surface area contributed by atoms with Crippen LogP contribution in [0.25, 0.3) is 11.6 Å². The summed E-state index contributed by atoms with van der Waals surface area (Å²) in [6.45, 7) is 3.71. The molecule has 0 saturated carbocycles. The molecule has 0 aliphatic rings. The van der Waals surface area contributed by atoms with Gasteiger partial charge in [-0.25, -0.2) is 0 Å². The van der Waals surface area contributed by atoms with Gasteiger partial charge in [-0.05, 0) is 23.1 Å². The van der Waals surface area contributed by atoms with Crippen molar-refractivity contribution in [3.63, 3.8) is 0 Å². The Morgan fingerprint density at radius 2 is 1.52 bits per heavy atom. The molecule has 0 fully saturated rings. The van der Waals surface area contributed by atoms with Crippen LogP contribution >= 0.6 is 0 Å². The van der Waals surface area contributed by atoms with Crippen molar-refractivity contribution in [2.75, 3.05) is 0 Å². The molecule has 0 saturated heterocycles. The molecule has 2 aromatic carbocycles. The lowest BCUT2D eigenvalue weighted by atomic mass is 10.0. The number of hydrogen-bond donors (Lipinski definition) is 0. The minimum absolute atomic E-state index is 0.898. The van der Waals surface area contributed by atoms with Crippen molar-refractivity contribution < 1.29 is 0 Å². The summed E-state index contributed by atoms with van der Waals surface area (Å²) >= 11 is 0. The lowest BCUT2D eigenvalue weighted by Gasteiger charge is -2.03. The lowest BCUT2D eigenvalue weighted by molar-refractivity contribution is 1.39. The fourth-order valence-electron chi connectivity index (χ4n) is 2.07. The van der Waals surface area contributed by atoms with Crippen LogP contribution < -0.4 is 0 Å². The van der Waals surface area contributed by atoms with E-state index in [1.165, 1.54) is 16.7 Å². The van der Waals surface area contributed by atoms with Crippen LogP contribution in [-0.4, -0.2) is 0 Å². The van der Waals surface area contributed by atoms with Gasteiger partial charge in [0.15, 0.2) is 0 Å². The van der Waals surface area contributed by atoms with Gasteiger partial charge in [0.2, 0.25) is 0 Å². The molecule has 0 aliphatic heterocycles. The molecule has 0 unspecified atom stereocenters. The molecule has 0 amide bonds. The third kappa shape index (κ3) is 5.12. The lowest BCUT2D eigenvalue weighted by Crippen LogP contribution is -1.82. The van der Waals surface area contributed by atoms with Gasteiger partial charge in [0.1, 0.15) is 0 Å². The monoisotopic (exact) mass is 272 g/mol. The molecule has 0 atom stereocenters. The van der Waals surface area contributed by atoms with Gasteiger partial charge in [-0.3, -0.25) is 0 Å². The molecule has 0 radical (unpaired) electrons. The van der Waals surface area contributed by atoms with Gasteiger partial charge in [0, 0.05) is 0 Å². The molecule has 0 heterocycles. The number of benzene rings is 2. The number of rotatable bonds is 6. The van der Waals surface area contributed by atoms with Crippen LogP contribution in [0.4, 0.5) is 0 Å². The van der Waals surface area contributed by atoms with E-state index < -0.39 is 0 Å². The fraction of sp³-hybridized carbons (Fsp3) is 0.0476. The maximum absolute atomic E-state index is 3.71. The van der Waals surface area contributed by atoms with Crippen molar-refractivity contribution in [3.8, 4) is 0 Å². The molecule has 0 N–H and O–H groups in total. The molecule has 104 valence electrons. The van der Waals surface area contributed by atoms with Gasteiger partial charge in [-0.1, -0.05) is 104 Å². The second-order valence-electron chi connectivity index (χ2n) is 4.70. The molecular formula is C21H20. The highest BCUT2D eigenvalue weighted by Gasteiger charge is 1.97. The first-order valence-corrected chi connectivity index (χ1v) is 7.15. The Morgan fingerprint density at radius 3 is 2.19 bits per heavy atom. The summed E-state index contributed by atoms with van der Waals surface area (Å²) in [5.41, 5.74) is 3.76. The Hall–Kier alpha value is -2.60. The standard InChI is InChI=1S/C21H20/c1-2-3-6-15-21(20-16-9-5-10-17-20)18-11-14-19-12-7-4-8-13-19/h2-14,16-18H,1,15H2. The SMILES string of the molecule is C=CC=CCC(=CC=Cc1ccccc1)c1ccccc1. The van der Waals surface area contributed by atoms with Crippen LogP contribution in [0.15, 0.2) is 97.6 Å². The van der Waals surface area contributed by atoms with E-state index in [-0.39, 0.29) is 0 Å². The second-order valence-corrected chi connectivity index (χ2v) is 4.70. The van der Waals surface area contributed by atoms with E-state index in [1.54, 1.807) is 0 Å². The molecule has 0 aromatic heterocycles. The second kappa shape index (κ2) is 8.55. The van der Waals surface area contributed by atoms with Crippen molar-refractivity contribution >= 4 is 11.6 Å². The van der Waals surface area contributed by atoms with E-state index in [4.69, 9.17) is 0 Å². The normalized spacial score (nSPS) is 12.1. The third-order valence-electron chi connectivity index (χ3n) is 3.14. The number of hydrogen-bond acceptors (Lipinski definition) is 0. The highest BCUT2D eigenvalue weighted by molar-refractivity contribution is 5.69. The van der Waals surface area contributed by atoms with Crippen molar-refractivity contribution in [2.24, 2.45) is 0 Å². The molecule has 21 heavy (non-hydrogen) atoms. The quantitative estimate of drug-likeness (QED) is 0.573. The fourth-order valence-corrected chi connectivity index (χ4v) is 2.07. The molecule has 0 nitrogen and oxygen atoms in total. The van der Waals surface area contributed by atoms with Gasteiger partial charge in [0.05, 0.1) is 0 Å². The predicted molar refractivity (Wildman–Crippen MR) is 93.8 cm³/mol. The maximum atomic E-state index is 3.71. The maximum Gasteiger partial charge on any atom is -0.00884 e. The summed E-state index contributed by atoms with van der Waals surface area (Å²) in [6, 6.07) is 20.8. The van der Waals surface area contributed by atoms with Crippen LogP contribution in [-0.2, 0) is 0 Å². The highest BCUT2D eigenvalue weighted by Crippen LogP contribution is 2.19. The summed E-state index contributed by atoms with van der Waals surface area (Å²) < 4.78 is 0. The molecule has 2 aromatic rings. The Morgan fingerprint density at radius 1 is 0.857 bits per heavy atom. The van der Waals surface area contributed by atoms with Gasteiger partial charge >= 0.3 is 0 Å². The first kappa shape index (κ1) is 14.8. The highest BCUT2D eigenvalue weighted by atomic mass is 14.0. The van der Waals surface area contributed by atoms with Crippen molar-refractivity contribution in [1.82, 2.24) is 0 Å². The van der Waals surface area contributed by atoms with Gasteiger partial charge < -0.3 is 0 Å². The van der Waals surface area contributed by atoms with E-state index in [1.807, 2.05) is 36.4 Å². The van der Waals surface area contributed by atoms with E-state index in [9.17, 15) is 0 Å². The van der Waals surface area contributed by atoms with Crippen molar-refractivity contribution in [1.29, 1.82) is 0 Å². The van der Waals surface area contributed by atoms with E-state index in [0.29, 0.717) is 0 Å². The van der Waals surface area contributed by atoms with Crippen LogP contribution in [0.5, 0.6) is 0 Å². The summed E-state index contributed by atoms with van der Waals surface area (Å²) in [7, 11) is 0. The summed E-state index contributed by atoms with van der Waals surface area (Å²) in [5.74, 6) is 0. The Bertz CT molecular complexity index is 628. The van der Waals surface area contributed by atoms with Crippen LogP contribution in [0.3, 0.4) is 0 Å². The smallest absolute Gasteiger partial charge is 0.00884 e. The average Bonchev–Trinajstić information content (AvgIpc) is 2.55. The first-order valence-electron chi connectivity index (χ1n) is 7.15. The largest absolute Gasteiger partial charge is 0.0991 e. The molecule has 0 aliphatic carbocycles. The average molecular weight is 272 g/mol. The van der Waals surface area contributed by atoms with Gasteiger partial charge in [-0.15, -0.1) is 0 Å². The van der Waals surface area contributed by atoms with Crippen molar-refractivity contribution in [2.45, 2.75) is 6.42 Å². The molecule has 0 bridgehead atoms. The number of allylic oxidation sites excluding steroid dienone is 6. The Labute approximate surface area is 127 Å². The molecular weight excluding hydrogens is 252 g/mol. The Kier molecular flexibility index (Phi) is 6.02. The summed E-state index contributed by atoms with van der Waals surface area (Å²) in [6.07, 6.45) is 13.2. The molecule has 0 heteroatoms. The zero-order valence-electron chi connectivity index (χ0n) is 12.2. The Balaban J connectivity index is 2.18. The topological polar surface area (TPSA) is 0 Å². The minimum atomic E-state index is 0.898. The molecule has 2 rings (SSSR count).